The van der Waals surface area contributed by atoms with Gasteiger partial charge in [0.05, 0.1) is 11.7 Å². The second-order valence-electron chi connectivity index (χ2n) is 6.50. The van der Waals surface area contributed by atoms with Gasteiger partial charge in [-0.25, -0.2) is 0 Å². The monoisotopic (exact) mass is 265 g/mol. The Labute approximate surface area is 118 Å². The molecule has 0 aliphatic rings. The van der Waals surface area contributed by atoms with Crippen LogP contribution >= 0.6 is 0 Å². The Morgan fingerprint density at radius 2 is 1.89 bits per heavy atom. The van der Waals surface area contributed by atoms with E-state index < -0.39 is 0 Å². The molecular formula is C16H31N3. The Hall–Kier alpha value is -0.830. The number of aromatic nitrogens is 2. The fourth-order valence-electron chi connectivity index (χ4n) is 2.05. The minimum atomic E-state index is 0.331. The van der Waals surface area contributed by atoms with Gasteiger partial charge in [-0.1, -0.05) is 41.5 Å². The Balaban J connectivity index is 2.47. The first-order chi connectivity index (χ1) is 8.90. The van der Waals surface area contributed by atoms with Crippen LogP contribution in [0.25, 0.3) is 0 Å². The minimum absolute atomic E-state index is 0.331. The van der Waals surface area contributed by atoms with Gasteiger partial charge < -0.3 is 5.32 Å². The summed E-state index contributed by atoms with van der Waals surface area (Å²) in [6.45, 7) is 15.5. The lowest BCUT2D eigenvalue weighted by Crippen LogP contribution is -2.33. The molecule has 3 nitrogen and oxygen atoms in total. The fraction of sp³-hybridized carbons (Fsp3) is 0.812. The molecule has 0 saturated heterocycles. The first-order valence-electron chi connectivity index (χ1n) is 7.65. The Morgan fingerprint density at radius 3 is 2.42 bits per heavy atom. The lowest BCUT2D eigenvalue weighted by molar-refractivity contribution is 0.237. The molecule has 0 spiro atoms. The Bertz CT molecular complexity index is 362. The van der Waals surface area contributed by atoms with E-state index in [0.717, 1.165) is 31.6 Å². The molecule has 3 heteroatoms. The summed E-state index contributed by atoms with van der Waals surface area (Å²) in [7, 11) is 0. The van der Waals surface area contributed by atoms with E-state index in [9.17, 15) is 0 Å². The van der Waals surface area contributed by atoms with Crippen LogP contribution in [0.1, 0.15) is 66.1 Å². The van der Waals surface area contributed by atoms with Gasteiger partial charge in [0, 0.05) is 19.3 Å². The van der Waals surface area contributed by atoms with Gasteiger partial charge in [0.15, 0.2) is 0 Å². The molecule has 0 unspecified atom stereocenters. The van der Waals surface area contributed by atoms with Gasteiger partial charge in [0.1, 0.15) is 0 Å². The number of rotatable bonds is 8. The predicted octanol–water partition coefficient (Wildman–Crippen LogP) is 4.02. The van der Waals surface area contributed by atoms with Gasteiger partial charge in [-0.3, -0.25) is 4.68 Å². The summed E-state index contributed by atoms with van der Waals surface area (Å²) in [5, 5.41) is 8.21. The van der Waals surface area contributed by atoms with E-state index in [1.807, 2.05) is 0 Å². The third-order valence-corrected chi connectivity index (χ3v) is 4.43. The molecule has 1 heterocycles. The highest BCUT2D eigenvalue weighted by Crippen LogP contribution is 2.24. The summed E-state index contributed by atoms with van der Waals surface area (Å²) >= 11 is 0. The van der Waals surface area contributed by atoms with Crippen LogP contribution in [0.3, 0.4) is 0 Å². The van der Waals surface area contributed by atoms with Crippen LogP contribution in [-0.2, 0) is 6.54 Å². The molecule has 1 aromatic heterocycles. The number of nitrogens with zero attached hydrogens (tertiary/aromatic N) is 2. The molecule has 0 radical (unpaired) electrons. The molecule has 0 atom stereocenters. The van der Waals surface area contributed by atoms with Crippen LogP contribution in [0, 0.1) is 11.3 Å². The second kappa shape index (κ2) is 7.09. The summed E-state index contributed by atoms with van der Waals surface area (Å²) in [6.07, 6.45) is 4.40. The van der Waals surface area contributed by atoms with Gasteiger partial charge in [-0.15, -0.1) is 0 Å². The van der Waals surface area contributed by atoms with Gasteiger partial charge in [-0.2, -0.15) is 5.10 Å². The summed E-state index contributed by atoms with van der Waals surface area (Å²) in [5.41, 5.74) is 1.48. The van der Waals surface area contributed by atoms with E-state index >= 15 is 0 Å². The van der Waals surface area contributed by atoms with Gasteiger partial charge in [-0.05, 0) is 30.2 Å². The van der Waals surface area contributed by atoms with E-state index in [1.165, 1.54) is 0 Å². The zero-order chi connectivity index (χ0) is 14.5. The largest absolute Gasteiger partial charge is 0.311 e. The third-order valence-electron chi connectivity index (χ3n) is 4.43. The van der Waals surface area contributed by atoms with Crippen molar-refractivity contribution in [3.63, 3.8) is 0 Å². The van der Waals surface area contributed by atoms with E-state index in [4.69, 9.17) is 0 Å². The minimum Gasteiger partial charge on any atom is -0.311 e. The van der Waals surface area contributed by atoms with Gasteiger partial charge in [0.25, 0.3) is 0 Å². The molecule has 0 aliphatic carbocycles. The molecule has 0 fully saturated rings. The maximum Gasteiger partial charge on any atom is 0.0762 e. The number of hydrogen-bond acceptors (Lipinski definition) is 2. The van der Waals surface area contributed by atoms with E-state index in [-0.39, 0.29) is 0 Å². The lowest BCUT2D eigenvalue weighted by Gasteiger charge is -2.29. The molecule has 0 saturated carbocycles. The third kappa shape index (κ3) is 4.64. The first kappa shape index (κ1) is 16.2. The van der Waals surface area contributed by atoms with Crippen LogP contribution in [0.2, 0.25) is 0 Å². The quantitative estimate of drug-likeness (QED) is 0.769. The van der Waals surface area contributed by atoms with Crippen LogP contribution in [0.4, 0.5) is 0 Å². The highest BCUT2D eigenvalue weighted by molar-refractivity contribution is 4.99. The Kier molecular flexibility index (Phi) is 6.05. The smallest absolute Gasteiger partial charge is 0.0762 e. The molecular weight excluding hydrogens is 234 g/mol. The maximum atomic E-state index is 4.67. The molecule has 1 N–H and O–H groups in total. The molecule has 0 bridgehead atoms. The number of nitrogens with one attached hydrogen (secondary N) is 1. The second-order valence-corrected chi connectivity index (χ2v) is 6.50. The molecule has 0 aliphatic heterocycles. The topological polar surface area (TPSA) is 29.9 Å². The predicted molar refractivity (Wildman–Crippen MR) is 82.2 cm³/mol. The molecule has 0 aromatic carbocycles. The fourth-order valence-corrected chi connectivity index (χ4v) is 2.05. The zero-order valence-electron chi connectivity index (χ0n) is 13.5. The van der Waals surface area contributed by atoms with E-state index in [0.29, 0.717) is 17.4 Å². The van der Waals surface area contributed by atoms with Crippen molar-refractivity contribution in [2.24, 2.45) is 11.3 Å². The first-order valence-corrected chi connectivity index (χ1v) is 7.65. The van der Waals surface area contributed by atoms with Crippen molar-refractivity contribution in [1.29, 1.82) is 0 Å². The summed E-state index contributed by atoms with van der Waals surface area (Å²) in [6, 6.07) is 2.68. The maximum absolute atomic E-state index is 4.67. The van der Waals surface area contributed by atoms with Crippen LogP contribution < -0.4 is 5.32 Å². The van der Waals surface area contributed by atoms with Crippen LogP contribution in [0.15, 0.2) is 12.3 Å². The van der Waals surface area contributed by atoms with Crippen molar-refractivity contribution >= 4 is 0 Å². The highest BCUT2D eigenvalue weighted by Gasteiger charge is 2.21. The molecule has 1 aromatic rings. The average molecular weight is 265 g/mol. The van der Waals surface area contributed by atoms with Crippen molar-refractivity contribution in [2.75, 3.05) is 6.54 Å². The normalized spacial score (nSPS) is 12.6. The molecule has 0 amide bonds. The van der Waals surface area contributed by atoms with E-state index in [1.54, 1.807) is 0 Å². The van der Waals surface area contributed by atoms with Gasteiger partial charge >= 0.3 is 0 Å². The van der Waals surface area contributed by atoms with Crippen molar-refractivity contribution in [3.8, 4) is 0 Å². The number of hydrogen-bond donors (Lipinski definition) is 1. The van der Waals surface area contributed by atoms with Crippen LogP contribution in [0.5, 0.6) is 0 Å². The van der Waals surface area contributed by atoms with Crippen LogP contribution in [-0.4, -0.2) is 16.3 Å². The average Bonchev–Trinajstić information content (AvgIpc) is 2.79. The zero-order valence-corrected chi connectivity index (χ0v) is 13.5. The standard InChI is InChI=1S/C16H31N3/c1-7-15(8-2)19-10-9-14(18-19)11-17-12-16(5,6)13(3)4/h9-10,13,15,17H,7-8,11-12H2,1-6H3. The SMILES string of the molecule is CCC(CC)n1ccc(CNCC(C)(C)C(C)C)n1. The van der Waals surface area contributed by atoms with Crippen molar-refractivity contribution < 1.29 is 0 Å². The summed E-state index contributed by atoms with van der Waals surface area (Å²) in [5.74, 6) is 0.683. The molecule has 19 heavy (non-hydrogen) atoms. The molecule has 1 rings (SSSR count). The Morgan fingerprint density at radius 1 is 1.26 bits per heavy atom. The highest BCUT2D eigenvalue weighted by atomic mass is 15.3. The summed E-state index contributed by atoms with van der Waals surface area (Å²) < 4.78 is 2.12. The van der Waals surface area contributed by atoms with Gasteiger partial charge in [0.2, 0.25) is 0 Å². The summed E-state index contributed by atoms with van der Waals surface area (Å²) in [4.78, 5) is 0. The van der Waals surface area contributed by atoms with E-state index in [2.05, 4.69) is 68.9 Å². The lowest BCUT2D eigenvalue weighted by atomic mass is 9.81. The molecule has 110 valence electrons. The van der Waals surface area contributed by atoms with Crippen molar-refractivity contribution in [2.45, 2.75) is 67.0 Å². The van der Waals surface area contributed by atoms with Crippen molar-refractivity contribution in [3.05, 3.63) is 18.0 Å². The van der Waals surface area contributed by atoms with Crippen molar-refractivity contribution in [1.82, 2.24) is 15.1 Å².